The van der Waals surface area contributed by atoms with Crippen LogP contribution in [0.2, 0.25) is 0 Å². The van der Waals surface area contributed by atoms with Crippen LogP contribution in [-0.4, -0.2) is 16.8 Å². The number of benzene rings is 3. The number of fused-ring (bicyclic) bond motifs is 1. The molecule has 1 aliphatic heterocycles. The zero-order valence-corrected chi connectivity index (χ0v) is 19.1. The quantitative estimate of drug-likeness (QED) is 0.350. The Morgan fingerprint density at radius 2 is 1.72 bits per heavy atom. The van der Waals surface area contributed by atoms with E-state index in [-0.39, 0.29) is 12.2 Å². The summed E-state index contributed by atoms with van der Waals surface area (Å²) in [6, 6.07) is 22.0. The smallest absolute Gasteiger partial charge is 0.264 e. The molecular weight excluding hydrogens is 545 g/mol. The van der Waals surface area contributed by atoms with Crippen molar-refractivity contribution in [1.29, 1.82) is 0 Å². The Morgan fingerprint density at radius 1 is 1.03 bits per heavy atom. The Hall–Kier alpha value is -2.03. The molecule has 0 fully saturated rings. The van der Waals surface area contributed by atoms with Crippen molar-refractivity contribution in [1.82, 2.24) is 0 Å². The SMILES string of the molecule is O=C(CC1(O)C(=O)N(Cc2ccccc2)c2ccc(Br)cc21)c1ccc(I)cc1. The summed E-state index contributed by atoms with van der Waals surface area (Å²) in [6.07, 6.45) is -0.304. The molecule has 0 aliphatic carbocycles. The summed E-state index contributed by atoms with van der Waals surface area (Å²) in [4.78, 5) is 27.8. The highest BCUT2D eigenvalue weighted by Crippen LogP contribution is 2.44. The second-order valence-corrected chi connectivity index (χ2v) is 9.17. The highest BCUT2D eigenvalue weighted by Gasteiger charge is 2.51. The van der Waals surface area contributed by atoms with E-state index in [0.29, 0.717) is 23.4 Å². The van der Waals surface area contributed by atoms with E-state index < -0.39 is 11.5 Å². The largest absolute Gasteiger partial charge is 0.375 e. The van der Waals surface area contributed by atoms with Gasteiger partial charge in [-0.05, 0) is 58.5 Å². The van der Waals surface area contributed by atoms with Crippen LogP contribution in [0.5, 0.6) is 0 Å². The molecule has 3 aromatic rings. The first-order chi connectivity index (χ1) is 13.9. The van der Waals surface area contributed by atoms with Gasteiger partial charge in [0.15, 0.2) is 11.4 Å². The van der Waals surface area contributed by atoms with Gasteiger partial charge in [0.1, 0.15) is 0 Å². The van der Waals surface area contributed by atoms with Crippen LogP contribution < -0.4 is 4.90 Å². The zero-order valence-electron chi connectivity index (χ0n) is 15.3. The molecule has 6 heteroatoms. The van der Waals surface area contributed by atoms with E-state index in [1.54, 1.807) is 29.2 Å². The molecule has 1 heterocycles. The standard InChI is InChI=1S/C23H17BrINO3/c24-17-8-11-20-19(12-17)23(29,13-21(27)16-6-9-18(25)10-7-16)22(28)26(20)14-15-4-2-1-3-5-15/h1-12,29H,13-14H2. The summed E-state index contributed by atoms with van der Waals surface area (Å²) in [5.41, 5.74) is 0.604. The number of amides is 1. The lowest BCUT2D eigenvalue weighted by Crippen LogP contribution is -2.41. The van der Waals surface area contributed by atoms with Crippen molar-refractivity contribution in [2.24, 2.45) is 0 Å². The van der Waals surface area contributed by atoms with Crippen molar-refractivity contribution in [3.63, 3.8) is 0 Å². The molecule has 0 aromatic heterocycles. The first-order valence-corrected chi connectivity index (χ1v) is 10.9. The Kier molecular flexibility index (Phi) is 5.59. The Balaban J connectivity index is 1.71. The van der Waals surface area contributed by atoms with Gasteiger partial charge in [-0.15, -0.1) is 0 Å². The minimum Gasteiger partial charge on any atom is -0.375 e. The van der Waals surface area contributed by atoms with Crippen LogP contribution >= 0.6 is 38.5 Å². The molecule has 0 bridgehead atoms. The number of anilines is 1. The summed E-state index contributed by atoms with van der Waals surface area (Å²) < 4.78 is 1.75. The van der Waals surface area contributed by atoms with Crippen molar-refractivity contribution >= 4 is 55.9 Å². The number of rotatable bonds is 5. The summed E-state index contributed by atoms with van der Waals surface area (Å²) in [7, 11) is 0. The third-order valence-corrected chi connectivity index (χ3v) is 6.27. The van der Waals surface area contributed by atoms with Gasteiger partial charge >= 0.3 is 0 Å². The fourth-order valence-electron chi connectivity index (χ4n) is 3.59. The van der Waals surface area contributed by atoms with Gasteiger partial charge in [-0.3, -0.25) is 9.59 Å². The second-order valence-electron chi connectivity index (χ2n) is 7.01. The predicted molar refractivity (Wildman–Crippen MR) is 124 cm³/mol. The first-order valence-electron chi connectivity index (χ1n) is 9.05. The van der Waals surface area contributed by atoms with Crippen LogP contribution in [0.25, 0.3) is 0 Å². The van der Waals surface area contributed by atoms with E-state index in [9.17, 15) is 14.7 Å². The van der Waals surface area contributed by atoms with Gasteiger partial charge in [-0.25, -0.2) is 0 Å². The van der Waals surface area contributed by atoms with Crippen LogP contribution in [-0.2, 0) is 16.9 Å². The molecule has 0 saturated carbocycles. The summed E-state index contributed by atoms with van der Waals surface area (Å²) in [5, 5.41) is 11.4. The topological polar surface area (TPSA) is 57.6 Å². The highest BCUT2D eigenvalue weighted by atomic mass is 127. The minimum atomic E-state index is -1.89. The molecule has 1 atom stereocenters. The number of Topliss-reactive ketones (excluding diaryl/α,β-unsaturated/α-hetero) is 1. The number of carbonyl (C=O) groups excluding carboxylic acids is 2. The maximum absolute atomic E-state index is 13.3. The molecular formula is C23H17BrINO3. The minimum absolute atomic E-state index is 0.273. The van der Waals surface area contributed by atoms with E-state index in [1.165, 1.54) is 0 Å². The molecule has 4 nitrogen and oxygen atoms in total. The average Bonchev–Trinajstić information content (AvgIpc) is 2.91. The van der Waals surface area contributed by atoms with Gasteiger partial charge in [0.2, 0.25) is 0 Å². The van der Waals surface area contributed by atoms with Crippen molar-refractivity contribution in [2.75, 3.05) is 4.90 Å². The van der Waals surface area contributed by atoms with E-state index in [1.807, 2.05) is 48.5 Å². The molecule has 0 radical (unpaired) electrons. The van der Waals surface area contributed by atoms with E-state index in [2.05, 4.69) is 38.5 Å². The molecule has 1 amide bonds. The van der Waals surface area contributed by atoms with Gasteiger partial charge < -0.3 is 10.0 Å². The zero-order chi connectivity index (χ0) is 20.6. The van der Waals surface area contributed by atoms with Crippen LogP contribution in [0.3, 0.4) is 0 Å². The Bertz CT molecular complexity index is 1090. The predicted octanol–water partition coefficient (Wildman–Crippen LogP) is 5.06. The Labute approximate surface area is 190 Å². The molecule has 1 unspecified atom stereocenters. The van der Waals surface area contributed by atoms with Crippen LogP contribution in [0.4, 0.5) is 5.69 Å². The third-order valence-electron chi connectivity index (χ3n) is 5.06. The lowest BCUT2D eigenvalue weighted by Gasteiger charge is -2.23. The third kappa shape index (κ3) is 3.89. The number of nitrogens with zero attached hydrogens (tertiary/aromatic N) is 1. The molecule has 4 rings (SSSR count). The second kappa shape index (κ2) is 8.01. The molecule has 1 aliphatic rings. The molecule has 0 saturated heterocycles. The van der Waals surface area contributed by atoms with E-state index in [0.717, 1.165) is 13.6 Å². The highest BCUT2D eigenvalue weighted by molar-refractivity contribution is 14.1. The van der Waals surface area contributed by atoms with Crippen LogP contribution in [0.1, 0.15) is 27.9 Å². The van der Waals surface area contributed by atoms with Gasteiger partial charge in [-0.2, -0.15) is 0 Å². The van der Waals surface area contributed by atoms with E-state index >= 15 is 0 Å². The van der Waals surface area contributed by atoms with Crippen LogP contribution in [0, 0.1) is 3.57 Å². The fraction of sp³-hybridized carbons (Fsp3) is 0.130. The molecule has 1 N–H and O–H groups in total. The van der Waals surface area contributed by atoms with E-state index in [4.69, 9.17) is 0 Å². The molecule has 146 valence electrons. The molecule has 29 heavy (non-hydrogen) atoms. The lowest BCUT2D eigenvalue weighted by molar-refractivity contribution is -0.136. The fourth-order valence-corrected chi connectivity index (χ4v) is 4.31. The molecule has 3 aromatic carbocycles. The van der Waals surface area contributed by atoms with Gasteiger partial charge in [0.25, 0.3) is 5.91 Å². The van der Waals surface area contributed by atoms with Crippen LogP contribution in [0.15, 0.2) is 77.3 Å². The Morgan fingerprint density at radius 3 is 2.41 bits per heavy atom. The average molecular weight is 562 g/mol. The summed E-state index contributed by atoms with van der Waals surface area (Å²) in [6.45, 7) is 0.328. The number of ketones is 1. The van der Waals surface area contributed by atoms with Gasteiger partial charge in [0, 0.05) is 19.2 Å². The summed E-state index contributed by atoms with van der Waals surface area (Å²) in [5.74, 6) is -0.752. The first kappa shape index (κ1) is 20.3. The number of hydrogen-bond donors (Lipinski definition) is 1. The number of carbonyl (C=O) groups is 2. The van der Waals surface area contributed by atoms with Crippen molar-refractivity contribution in [3.05, 3.63) is 97.5 Å². The number of hydrogen-bond acceptors (Lipinski definition) is 3. The van der Waals surface area contributed by atoms with Crippen molar-refractivity contribution in [2.45, 2.75) is 18.6 Å². The lowest BCUT2D eigenvalue weighted by atomic mass is 9.88. The normalized spacial score (nSPS) is 18.0. The molecule has 0 spiro atoms. The van der Waals surface area contributed by atoms with Crippen molar-refractivity contribution < 1.29 is 14.7 Å². The maximum atomic E-state index is 13.3. The van der Waals surface area contributed by atoms with Gasteiger partial charge in [-0.1, -0.05) is 58.4 Å². The number of aliphatic hydroxyl groups is 1. The number of halogens is 2. The monoisotopic (exact) mass is 561 g/mol. The van der Waals surface area contributed by atoms with Gasteiger partial charge in [0.05, 0.1) is 18.7 Å². The summed E-state index contributed by atoms with van der Waals surface area (Å²) >= 11 is 5.58. The van der Waals surface area contributed by atoms with Crippen molar-refractivity contribution in [3.8, 4) is 0 Å². The maximum Gasteiger partial charge on any atom is 0.264 e.